The number of hydrogen-bond donors (Lipinski definition) is 1. The number of aryl methyl sites for hydroxylation is 2. The van der Waals surface area contributed by atoms with Gasteiger partial charge in [0, 0.05) is 12.2 Å². The summed E-state index contributed by atoms with van der Waals surface area (Å²) in [5, 5.41) is 15.6. The van der Waals surface area contributed by atoms with E-state index in [0.29, 0.717) is 11.7 Å². The van der Waals surface area contributed by atoms with Crippen LogP contribution in [-0.2, 0) is 0 Å². The fraction of sp³-hybridized carbons (Fsp3) is 0.190. The normalized spacial score (nSPS) is 10.9. The zero-order chi connectivity index (χ0) is 21.3. The van der Waals surface area contributed by atoms with E-state index in [9.17, 15) is 10.1 Å². The lowest BCUT2D eigenvalue weighted by Gasteiger charge is -2.22. The van der Waals surface area contributed by atoms with Crippen LogP contribution in [0.15, 0.2) is 48.8 Å². The minimum Gasteiger partial charge on any atom is -0.321 e. The van der Waals surface area contributed by atoms with Gasteiger partial charge in [-0.1, -0.05) is 29.5 Å². The smallest absolute Gasteiger partial charge is 0.321 e. The highest BCUT2D eigenvalue weighted by molar-refractivity contribution is 7.22. The van der Waals surface area contributed by atoms with Crippen molar-refractivity contribution in [3.8, 4) is 0 Å². The Hall–Kier alpha value is -3.59. The van der Waals surface area contributed by atoms with Gasteiger partial charge in [-0.25, -0.2) is 15.0 Å². The van der Waals surface area contributed by atoms with E-state index in [1.54, 1.807) is 4.90 Å². The van der Waals surface area contributed by atoms with Crippen LogP contribution < -0.4 is 10.2 Å². The lowest BCUT2D eigenvalue weighted by molar-refractivity contribution is -0.383. The van der Waals surface area contributed by atoms with Gasteiger partial charge in [-0.3, -0.25) is 10.1 Å². The van der Waals surface area contributed by atoms with E-state index in [1.165, 1.54) is 17.7 Å². The molecule has 0 saturated heterocycles. The van der Waals surface area contributed by atoms with E-state index >= 15 is 0 Å². The van der Waals surface area contributed by atoms with Gasteiger partial charge < -0.3 is 10.2 Å². The predicted molar refractivity (Wildman–Crippen MR) is 120 cm³/mol. The predicted octanol–water partition coefficient (Wildman–Crippen LogP) is 5.51. The SMILES string of the molecule is CCN(c1cccc(C)c1)c1ncnc(Nc2nc3ccc(C)cc3s2)c1[N+](=O)[O-]. The Labute approximate surface area is 177 Å². The third-order valence-electron chi connectivity index (χ3n) is 4.64. The van der Waals surface area contributed by atoms with Gasteiger partial charge in [0.05, 0.1) is 15.1 Å². The van der Waals surface area contributed by atoms with E-state index in [0.717, 1.165) is 27.0 Å². The van der Waals surface area contributed by atoms with Crippen molar-refractivity contribution < 1.29 is 4.92 Å². The standard InChI is InChI=1S/C21H20N6O2S/c1-4-26(15-7-5-6-13(2)10-15)20-18(27(28)29)19(22-12-23-20)25-21-24-16-9-8-14(3)11-17(16)30-21/h5-12H,4H2,1-3H3,(H,22,23,24,25). The summed E-state index contributed by atoms with van der Waals surface area (Å²) in [5.41, 5.74) is 3.67. The number of hydrogen-bond acceptors (Lipinski definition) is 8. The first-order chi connectivity index (χ1) is 14.5. The van der Waals surface area contributed by atoms with Gasteiger partial charge in [-0.05, 0) is 56.2 Å². The highest BCUT2D eigenvalue weighted by atomic mass is 32.1. The summed E-state index contributed by atoms with van der Waals surface area (Å²) < 4.78 is 1.00. The van der Waals surface area contributed by atoms with E-state index in [1.807, 2.05) is 63.2 Å². The molecule has 152 valence electrons. The van der Waals surface area contributed by atoms with Crippen molar-refractivity contribution in [2.45, 2.75) is 20.8 Å². The van der Waals surface area contributed by atoms with Crippen LogP contribution in [0.5, 0.6) is 0 Å². The van der Waals surface area contributed by atoms with Crippen molar-refractivity contribution in [1.82, 2.24) is 15.0 Å². The Balaban J connectivity index is 1.78. The average Bonchev–Trinajstić information content (AvgIpc) is 3.10. The Morgan fingerprint density at radius 3 is 2.67 bits per heavy atom. The highest BCUT2D eigenvalue weighted by Crippen LogP contribution is 2.38. The molecule has 0 radical (unpaired) electrons. The Morgan fingerprint density at radius 2 is 1.93 bits per heavy atom. The fourth-order valence-corrected chi connectivity index (χ4v) is 4.23. The molecule has 0 saturated carbocycles. The molecular formula is C21H20N6O2S. The summed E-state index contributed by atoms with van der Waals surface area (Å²) in [7, 11) is 0. The summed E-state index contributed by atoms with van der Waals surface area (Å²) in [6.45, 7) is 6.43. The monoisotopic (exact) mass is 420 g/mol. The number of aromatic nitrogens is 3. The Bertz CT molecular complexity index is 1240. The third-order valence-corrected chi connectivity index (χ3v) is 5.57. The van der Waals surface area contributed by atoms with Gasteiger partial charge in [-0.15, -0.1) is 0 Å². The molecule has 4 rings (SSSR count). The zero-order valence-electron chi connectivity index (χ0n) is 16.8. The summed E-state index contributed by atoms with van der Waals surface area (Å²) in [6, 6.07) is 13.7. The van der Waals surface area contributed by atoms with Crippen LogP contribution in [0.3, 0.4) is 0 Å². The van der Waals surface area contributed by atoms with Crippen LogP contribution in [0.1, 0.15) is 18.1 Å². The van der Waals surface area contributed by atoms with Gasteiger partial charge in [0.25, 0.3) is 0 Å². The largest absolute Gasteiger partial charge is 0.354 e. The zero-order valence-corrected chi connectivity index (χ0v) is 17.6. The van der Waals surface area contributed by atoms with Crippen LogP contribution in [0.25, 0.3) is 10.2 Å². The van der Waals surface area contributed by atoms with E-state index in [4.69, 9.17) is 0 Å². The minimum atomic E-state index is -0.451. The summed E-state index contributed by atoms with van der Waals surface area (Å²) >= 11 is 1.43. The second kappa shape index (κ2) is 8.03. The van der Waals surface area contributed by atoms with Gasteiger partial charge in [0.1, 0.15) is 6.33 Å². The molecular weight excluding hydrogens is 400 g/mol. The van der Waals surface area contributed by atoms with Gasteiger partial charge >= 0.3 is 5.69 Å². The van der Waals surface area contributed by atoms with Crippen molar-refractivity contribution in [2.75, 3.05) is 16.8 Å². The molecule has 1 N–H and O–H groups in total. The molecule has 0 amide bonds. The minimum absolute atomic E-state index is 0.117. The molecule has 8 nitrogen and oxygen atoms in total. The Kier molecular flexibility index (Phi) is 5.28. The number of nitrogens with zero attached hydrogens (tertiary/aromatic N) is 5. The lowest BCUT2D eigenvalue weighted by atomic mass is 10.2. The number of nitrogens with one attached hydrogen (secondary N) is 1. The Morgan fingerprint density at radius 1 is 1.13 bits per heavy atom. The first-order valence-electron chi connectivity index (χ1n) is 9.44. The van der Waals surface area contributed by atoms with Crippen LogP contribution in [0, 0.1) is 24.0 Å². The molecule has 9 heteroatoms. The highest BCUT2D eigenvalue weighted by Gasteiger charge is 2.28. The maximum Gasteiger partial charge on any atom is 0.354 e. The topological polar surface area (TPSA) is 97.1 Å². The first-order valence-corrected chi connectivity index (χ1v) is 10.3. The molecule has 2 aromatic heterocycles. The van der Waals surface area contributed by atoms with Crippen molar-refractivity contribution >= 4 is 49.7 Å². The van der Waals surface area contributed by atoms with Crippen LogP contribution in [0.4, 0.5) is 28.1 Å². The molecule has 0 atom stereocenters. The molecule has 0 spiro atoms. The number of thiazole rings is 1. The number of fused-ring (bicyclic) bond motifs is 1. The van der Waals surface area contributed by atoms with Crippen molar-refractivity contribution in [1.29, 1.82) is 0 Å². The number of benzene rings is 2. The fourth-order valence-electron chi connectivity index (χ4n) is 3.26. The maximum absolute atomic E-state index is 12.0. The molecule has 0 aliphatic carbocycles. The molecule has 0 unspecified atom stereocenters. The molecule has 2 aromatic carbocycles. The van der Waals surface area contributed by atoms with Crippen molar-refractivity contribution in [3.05, 3.63) is 70.0 Å². The maximum atomic E-state index is 12.0. The quantitative estimate of drug-likeness (QED) is 0.324. The summed E-state index contributed by atoms with van der Waals surface area (Å²) in [6.07, 6.45) is 1.33. The molecule has 0 fully saturated rings. The van der Waals surface area contributed by atoms with Gasteiger partial charge in [0.15, 0.2) is 5.13 Å². The molecule has 0 aliphatic heterocycles. The van der Waals surface area contributed by atoms with E-state index in [2.05, 4.69) is 20.3 Å². The summed E-state index contributed by atoms with van der Waals surface area (Å²) in [5.74, 6) is 0.356. The van der Waals surface area contributed by atoms with Gasteiger partial charge in [-0.2, -0.15) is 0 Å². The van der Waals surface area contributed by atoms with Crippen LogP contribution in [0.2, 0.25) is 0 Å². The van der Waals surface area contributed by atoms with Crippen LogP contribution >= 0.6 is 11.3 Å². The average molecular weight is 420 g/mol. The molecule has 0 aliphatic rings. The van der Waals surface area contributed by atoms with Gasteiger partial charge in [0.2, 0.25) is 11.6 Å². The summed E-state index contributed by atoms with van der Waals surface area (Å²) in [4.78, 5) is 26.3. The van der Waals surface area contributed by atoms with Crippen molar-refractivity contribution in [3.63, 3.8) is 0 Å². The first kappa shape index (κ1) is 19.7. The van der Waals surface area contributed by atoms with E-state index < -0.39 is 4.92 Å². The molecule has 30 heavy (non-hydrogen) atoms. The van der Waals surface area contributed by atoms with Crippen LogP contribution in [-0.4, -0.2) is 26.4 Å². The second-order valence-corrected chi connectivity index (χ2v) is 7.88. The second-order valence-electron chi connectivity index (χ2n) is 6.85. The molecule has 2 heterocycles. The lowest BCUT2D eigenvalue weighted by Crippen LogP contribution is -2.19. The third kappa shape index (κ3) is 3.79. The molecule has 0 bridgehead atoms. The number of nitro groups is 1. The number of anilines is 4. The van der Waals surface area contributed by atoms with Crippen molar-refractivity contribution in [2.24, 2.45) is 0 Å². The number of rotatable bonds is 6. The molecule has 4 aromatic rings. The van der Waals surface area contributed by atoms with E-state index in [-0.39, 0.29) is 17.3 Å².